The molecule has 2 atom stereocenters. The van der Waals surface area contributed by atoms with Gasteiger partial charge in [0.1, 0.15) is 0 Å². The fraction of sp³-hybridized carbons (Fsp3) is 0.571. The van der Waals surface area contributed by atoms with Crippen molar-refractivity contribution in [2.24, 2.45) is 5.92 Å². The summed E-state index contributed by atoms with van der Waals surface area (Å²) in [6.07, 6.45) is -4.00. The molecule has 0 aliphatic carbocycles. The average Bonchev–Trinajstić information content (AvgIpc) is 2.37. The molecule has 1 saturated heterocycles. The third kappa shape index (κ3) is 3.47. The topological polar surface area (TPSA) is 23.5 Å². The summed E-state index contributed by atoms with van der Waals surface area (Å²) in [5.41, 5.74) is 1.49. The van der Waals surface area contributed by atoms with Crippen LogP contribution in [0.25, 0.3) is 0 Å². The molecule has 0 saturated carbocycles. The average molecular weight is 352 g/mol. The summed E-state index contributed by atoms with van der Waals surface area (Å²) >= 11 is 3.36. The lowest BCUT2D eigenvalue weighted by Crippen LogP contribution is -2.41. The molecule has 112 valence electrons. The summed E-state index contributed by atoms with van der Waals surface area (Å²) in [4.78, 5) is 1.76. The Bertz CT molecular complexity index is 476. The number of aliphatic hydroxyl groups is 1. The van der Waals surface area contributed by atoms with Crippen LogP contribution in [0.4, 0.5) is 18.9 Å². The standard InChI is InChI=1S/C14H17BrF3NO/c1-9(20)12-5-4-11(7-13(12)15)19-6-2-3-10(8-19)14(16,17)18/h4-5,7,9-10,20H,2-3,6,8H2,1H3. The first-order valence-electron chi connectivity index (χ1n) is 6.58. The summed E-state index contributed by atoms with van der Waals surface area (Å²) in [5.74, 6) is -1.26. The van der Waals surface area contributed by atoms with Gasteiger partial charge >= 0.3 is 6.18 Å². The largest absolute Gasteiger partial charge is 0.393 e. The number of hydrogen-bond donors (Lipinski definition) is 1. The molecule has 1 aromatic rings. The summed E-state index contributed by atoms with van der Waals surface area (Å²) in [6.45, 7) is 2.29. The maximum absolute atomic E-state index is 12.8. The van der Waals surface area contributed by atoms with E-state index in [1.165, 1.54) is 0 Å². The molecule has 0 amide bonds. The molecule has 0 radical (unpaired) electrons. The zero-order valence-electron chi connectivity index (χ0n) is 11.1. The van der Waals surface area contributed by atoms with Crippen LogP contribution in [0.2, 0.25) is 0 Å². The molecule has 2 unspecified atom stereocenters. The van der Waals surface area contributed by atoms with Crippen LogP contribution in [-0.4, -0.2) is 24.4 Å². The van der Waals surface area contributed by atoms with E-state index < -0.39 is 18.2 Å². The molecule has 1 heterocycles. The Balaban J connectivity index is 2.17. The van der Waals surface area contributed by atoms with Crippen LogP contribution >= 0.6 is 15.9 Å². The van der Waals surface area contributed by atoms with E-state index in [4.69, 9.17) is 0 Å². The molecule has 1 aromatic carbocycles. The fourth-order valence-corrected chi connectivity index (χ4v) is 3.23. The number of hydrogen-bond acceptors (Lipinski definition) is 2. The molecule has 1 aliphatic heterocycles. The van der Waals surface area contributed by atoms with Crippen LogP contribution in [0.15, 0.2) is 22.7 Å². The highest BCUT2D eigenvalue weighted by molar-refractivity contribution is 9.10. The second-order valence-electron chi connectivity index (χ2n) is 5.21. The number of rotatable bonds is 2. The Morgan fingerprint density at radius 3 is 2.65 bits per heavy atom. The van der Waals surface area contributed by atoms with E-state index in [1.54, 1.807) is 30.0 Å². The van der Waals surface area contributed by atoms with Crippen molar-refractivity contribution < 1.29 is 18.3 Å². The molecule has 2 nitrogen and oxygen atoms in total. The first kappa shape index (κ1) is 15.6. The van der Waals surface area contributed by atoms with E-state index in [1.807, 2.05) is 0 Å². The smallest absolute Gasteiger partial charge is 0.389 e. The van der Waals surface area contributed by atoms with Gasteiger partial charge in [-0.2, -0.15) is 13.2 Å². The van der Waals surface area contributed by atoms with Gasteiger partial charge in [0.2, 0.25) is 0 Å². The van der Waals surface area contributed by atoms with Gasteiger partial charge in [0, 0.05) is 23.2 Å². The molecule has 20 heavy (non-hydrogen) atoms. The number of piperidine rings is 1. The Hall–Kier alpha value is -0.750. The Kier molecular flexibility index (Phi) is 4.64. The molecule has 0 aromatic heterocycles. The molecular formula is C14H17BrF3NO. The van der Waals surface area contributed by atoms with Gasteiger partial charge in [0.15, 0.2) is 0 Å². The lowest BCUT2D eigenvalue weighted by atomic mass is 9.97. The highest BCUT2D eigenvalue weighted by atomic mass is 79.9. The number of alkyl halides is 3. The lowest BCUT2D eigenvalue weighted by Gasteiger charge is -2.35. The molecular weight excluding hydrogens is 335 g/mol. The van der Waals surface area contributed by atoms with E-state index in [9.17, 15) is 18.3 Å². The summed E-state index contributed by atoms with van der Waals surface area (Å²) in [7, 11) is 0. The number of halogens is 4. The van der Waals surface area contributed by atoms with Crippen molar-refractivity contribution in [3.05, 3.63) is 28.2 Å². The van der Waals surface area contributed by atoms with E-state index >= 15 is 0 Å². The van der Waals surface area contributed by atoms with Crippen LogP contribution in [0.5, 0.6) is 0 Å². The van der Waals surface area contributed by atoms with Crippen LogP contribution in [0.3, 0.4) is 0 Å². The van der Waals surface area contributed by atoms with Crippen LogP contribution in [-0.2, 0) is 0 Å². The van der Waals surface area contributed by atoms with Gasteiger partial charge in [-0.15, -0.1) is 0 Å². The maximum Gasteiger partial charge on any atom is 0.393 e. The van der Waals surface area contributed by atoms with Gasteiger partial charge in [0.25, 0.3) is 0 Å². The van der Waals surface area contributed by atoms with Crippen molar-refractivity contribution in [2.75, 3.05) is 18.0 Å². The Labute approximate surface area is 124 Å². The van der Waals surface area contributed by atoms with Crippen LogP contribution < -0.4 is 4.90 Å². The summed E-state index contributed by atoms with van der Waals surface area (Å²) in [5, 5.41) is 9.56. The highest BCUT2D eigenvalue weighted by Crippen LogP contribution is 2.36. The number of aliphatic hydroxyl groups excluding tert-OH is 1. The van der Waals surface area contributed by atoms with Crippen LogP contribution in [0, 0.1) is 5.92 Å². The van der Waals surface area contributed by atoms with Crippen molar-refractivity contribution in [3.8, 4) is 0 Å². The van der Waals surface area contributed by atoms with E-state index in [0.717, 1.165) is 15.7 Å². The molecule has 6 heteroatoms. The summed E-state index contributed by atoms with van der Waals surface area (Å²) in [6, 6.07) is 5.30. The number of anilines is 1. The minimum Gasteiger partial charge on any atom is -0.389 e. The number of benzene rings is 1. The van der Waals surface area contributed by atoms with E-state index in [0.29, 0.717) is 13.0 Å². The predicted molar refractivity (Wildman–Crippen MR) is 75.8 cm³/mol. The van der Waals surface area contributed by atoms with Gasteiger partial charge in [-0.1, -0.05) is 22.0 Å². The zero-order valence-corrected chi connectivity index (χ0v) is 12.7. The van der Waals surface area contributed by atoms with Crippen LogP contribution in [0.1, 0.15) is 31.4 Å². The monoisotopic (exact) mass is 351 g/mol. The summed E-state index contributed by atoms with van der Waals surface area (Å²) < 4.78 is 39.2. The highest BCUT2D eigenvalue weighted by Gasteiger charge is 2.41. The van der Waals surface area contributed by atoms with Gasteiger partial charge < -0.3 is 10.0 Å². The zero-order chi connectivity index (χ0) is 14.9. The van der Waals surface area contributed by atoms with Gasteiger partial charge in [-0.05, 0) is 37.5 Å². The Morgan fingerprint density at radius 2 is 2.10 bits per heavy atom. The van der Waals surface area contributed by atoms with Crippen molar-refractivity contribution in [1.29, 1.82) is 0 Å². The SMILES string of the molecule is CC(O)c1ccc(N2CCCC(C(F)(F)F)C2)cc1Br. The fourth-order valence-electron chi connectivity index (χ4n) is 2.53. The lowest BCUT2D eigenvalue weighted by molar-refractivity contribution is -0.175. The maximum atomic E-state index is 12.8. The van der Waals surface area contributed by atoms with Gasteiger partial charge in [-0.25, -0.2) is 0 Å². The number of nitrogens with zero attached hydrogens (tertiary/aromatic N) is 1. The molecule has 0 bridgehead atoms. The van der Waals surface area contributed by atoms with Crippen molar-refractivity contribution >= 4 is 21.6 Å². The second kappa shape index (κ2) is 5.93. The first-order chi connectivity index (χ1) is 9.29. The van der Waals surface area contributed by atoms with Gasteiger partial charge in [0.05, 0.1) is 12.0 Å². The molecule has 1 aliphatic rings. The second-order valence-corrected chi connectivity index (χ2v) is 6.06. The van der Waals surface area contributed by atoms with E-state index in [2.05, 4.69) is 15.9 Å². The predicted octanol–water partition coefficient (Wildman–Crippen LogP) is 4.28. The third-order valence-electron chi connectivity index (χ3n) is 3.68. The molecule has 1 N–H and O–H groups in total. The van der Waals surface area contributed by atoms with Crippen molar-refractivity contribution in [3.63, 3.8) is 0 Å². The third-order valence-corrected chi connectivity index (χ3v) is 4.37. The van der Waals surface area contributed by atoms with Crippen molar-refractivity contribution in [2.45, 2.75) is 32.0 Å². The van der Waals surface area contributed by atoms with Gasteiger partial charge in [-0.3, -0.25) is 0 Å². The van der Waals surface area contributed by atoms with Crippen molar-refractivity contribution in [1.82, 2.24) is 0 Å². The normalized spacial score (nSPS) is 21.9. The molecule has 2 rings (SSSR count). The quantitative estimate of drug-likeness (QED) is 0.859. The Morgan fingerprint density at radius 1 is 1.40 bits per heavy atom. The minimum atomic E-state index is -4.13. The molecule has 0 spiro atoms. The van der Waals surface area contributed by atoms with E-state index in [-0.39, 0.29) is 13.0 Å². The molecule has 1 fully saturated rings. The first-order valence-corrected chi connectivity index (χ1v) is 7.37. The minimum absolute atomic E-state index is 0.00393.